The Morgan fingerprint density at radius 2 is 1.33 bits per heavy atom. The van der Waals surface area contributed by atoms with Crippen molar-refractivity contribution in [1.82, 2.24) is 43.0 Å². The van der Waals surface area contributed by atoms with Gasteiger partial charge in [0.05, 0.1) is 39.5 Å². The lowest BCUT2D eigenvalue weighted by Crippen LogP contribution is -2.13. The minimum absolute atomic E-state index is 0.156. The molecule has 1 unspecified atom stereocenters. The molecular weight excluding hydrogens is 637 g/mol. The molecule has 0 amide bonds. The lowest BCUT2D eigenvalue weighted by Gasteiger charge is -2.19. The maximum atomic E-state index is 5.21. The molecule has 246 valence electrons. The predicted octanol–water partition coefficient (Wildman–Crippen LogP) is 7.18. The van der Waals surface area contributed by atoms with Gasteiger partial charge in [-0.25, -0.2) is 24.3 Å². The molecule has 12 rings (SSSR count). The molecule has 12 heteroatoms. The third-order valence-electron chi connectivity index (χ3n) is 10.5. The number of hydrogen-bond acceptors (Lipinski definition) is 8. The zero-order chi connectivity index (χ0) is 33.2. The fourth-order valence-electron chi connectivity index (χ4n) is 7.76. The Bertz CT molecular complexity index is 2830. The molecule has 0 bridgehead atoms. The van der Waals surface area contributed by atoms with Gasteiger partial charge in [-0.05, 0) is 80.3 Å². The highest BCUT2D eigenvalue weighted by Gasteiger charge is 2.33. The topological polar surface area (TPSA) is 120 Å². The fraction of sp³-hybridized carbons (Fsp3) is 0.179. The van der Waals surface area contributed by atoms with E-state index in [-0.39, 0.29) is 5.92 Å². The van der Waals surface area contributed by atoms with E-state index in [2.05, 4.69) is 95.5 Å². The van der Waals surface area contributed by atoms with E-state index in [1.807, 2.05) is 41.2 Å². The summed E-state index contributed by atoms with van der Waals surface area (Å²) in [6.07, 6.45) is 18.4. The SMILES string of the molecule is C1=Nc2cc(-n3cccc3)cc(NC3CC3)c2C1c1nc2ncnc3nc(-n4cnc5cc(-n6cccc6)cc(NC6CC6)c54)c4ccc1c4n23. The number of hydrogen-bond donors (Lipinski definition) is 2. The molecule has 0 radical (unpaired) electrons. The lowest BCUT2D eigenvalue weighted by molar-refractivity contribution is 0.954. The van der Waals surface area contributed by atoms with Crippen molar-refractivity contribution in [1.29, 1.82) is 0 Å². The molecule has 12 nitrogen and oxygen atoms in total. The molecule has 51 heavy (non-hydrogen) atoms. The van der Waals surface area contributed by atoms with E-state index in [1.165, 1.54) is 12.8 Å². The monoisotopic (exact) mass is 666 g/mol. The standard InChI is InChI=1S/C39H30N12/c1-2-12-48(11-1)24-15-29-33(30(16-24)44-22-5-6-22)28(19-40-29)34-26-9-10-27-35(26)51-38(46-34)41-20-42-39(51)47-37(27)50-21-43-31-17-25(49-13-3-4-14-49)18-32(36(31)50)45-23-7-8-23/h1-4,9-23,28,44-45H,5-8H2. The number of anilines is 2. The fourth-order valence-corrected chi connectivity index (χ4v) is 7.76. The van der Waals surface area contributed by atoms with Crippen LogP contribution in [0.5, 0.6) is 0 Å². The van der Waals surface area contributed by atoms with Crippen LogP contribution in [0, 0.1) is 0 Å². The molecule has 6 aromatic heterocycles. The number of aliphatic imine (C=N–C) groups is 1. The zero-order valence-electron chi connectivity index (χ0n) is 27.3. The molecule has 0 spiro atoms. The van der Waals surface area contributed by atoms with E-state index in [0.717, 1.165) is 85.7 Å². The van der Waals surface area contributed by atoms with E-state index in [9.17, 15) is 0 Å². The minimum atomic E-state index is -0.156. The first-order chi connectivity index (χ1) is 25.2. The van der Waals surface area contributed by atoms with Crippen LogP contribution in [-0.2, 0) is 0 Å². The Morgan fingerprint density at radius 1 is 0.667 bits per heavy atom. The van der Waals surface area contributed by atoms with Crippen LogP contribution in [0.15, 0.2) is 103 Å². The van der Waals surface area contributed by atoms with E-state index in [1.54, 1.807) is 6.33 Å². The highest BCUT2D eigenvalue weighted by Crippen LogP contribution is 2.46. The Kier molecular flexibility index (Phi) is 5.35. The third kappa shape index (κ3) is 4.13. The first-order valence-corrected chi connectivity index (χ1v) is 17.5. The highest BCUT2D eigenvalue weighted by molar-refractivity contribution is 6.07. The molecule has 9 aromatic rings. The summed E-state index contributed by atoms with van der Waals surface area (Å²) in [5.41, 5.74) is 10.2. The molecule has 2 aliphatic carbocycles. The van der Waals surface area contributed by atoms with Gasteiger partial charge in [-0.2, -0.15) is 4.98 Å². The van der Waals surface area contributed by atoms with Gasteiger partial charge < -0.3 is 19.8 Å². The second-order valence-corrected chi connectivity index (χ2v) is 13.9. The average molecular weight is 667 g/mol. The van der Waals surface area contributed by atoms with E-state index in [4.69, 9.17) is 19.9 Å². The van der Waals surface area contributed by atoms with Crippen molar-refractivity contribution in [3.05, 3.63) is 109 Å². The van der Waals surface area contributed by atoms with E-state index < -0.39 is 0 Å². The lowest BCUT2D eigenvalue weighted by atomic mass is 9.93. The number of benzene rings is 2. The molecule has 2 fully saturated rings. The van der Waals surface area contributed by atoms with Gasteiger partial charge in [0.1, 0.15) is 12.7 Å². The number of nitrogens with zero attached hydrogens (tertiary/aromatic N) is 10. The largest absolute Gasteiger partial charge is 0.382 e. The van der Waals surface area contributed by atoms with Crippen LogP contribution in [0.2, 0.25) is 0 Å². The molecule has 1 atom stereocenters. The summed E-state index contributed by atoms with van der Waals surface area (Å²) in [6, 6.07) is 22.2. The van der Waals surface area contributed by atoms with Gasteiger partial charge in [0.2, 0.25) is 11.6 Å². The number of nitrogens with one attached hydrogen (secondary N) is 2. The Hall–Kier alpha value is -6.56. The summed E-state index contributed by atoms with van der Waals surface area (Å²) in [6.45, 7) is 0. The molecule has 2 N–H and O–H groups in total. The van der Waals surface area contributed by atoms with Gasteiger partial charge in [0.25, 0.3) is 0 Å². The highest BCUT2D eigenvalue weighted by atomic mass is 15.2. The number of fused-ring (bicyclic) bond motifs is 2. The Labute approximate surface area is 290 Å². The van der Waals surface area contributed by atoms with Crippen LogP contribution in [0.1, 0.15) is 42.9 Å². The van der Waals surface area contributed by atoms with Crippen LogP contribution >= 0.6 is 0 Å². The van der Waals surface area contributed by atoms with Crippen molar-refractivity contribution >= 4 is 62.2 Å². The van der Waals surface area contributed by atoms with Crippen molar-refractivity contribution in [2.75, 3.05) is 10.6 Å². The quantitative estimate of drug-likeness (QED) is 0.176. The molecule has 2 saturated carbocycles. The van der Waals surface area contributed by atoms with Crippen LogP contribution in [-0.4, -0.2) is 61.3 Å². The summed E-state index contributed by atoms with van der Waals surface area (Å²) in [4.78, 5) is 29.6. The minimum Gasteiger partial charge on any atom is -0.382 e. The summed E-state index contributed by atoms with van der Waals surface area (Å²) < 4.78 is 8.34. The van der Waals surface area contributed by atoms with Crippen molar-refractivity contribution in [3.63, 3.8) is 0 Å². The van der Waals surface area contributed by atoms with Gasteiger partial charge >= 0.3 is 0 Å². The molecule has 7 heterocycles. The van der Waals surface area contributed by atoms with Crippen molar-refractivity contribution in [2.24, 2.45) is 4.99 Å². The number of imidazole rings is 1. The van der Waals surface area contributed by atoms with Crippen molar-refractivity contribution in [3.8, 4) is 17.2 Å². The summed E-state index contributed by atoms with van der Waals surface area (Å²) >= 11 is 0. The second kappa shape index (κ2) is 10.0. The van der Waals surface area contributed by atoms with Crippen molar-refractivity contribution < 1.29 is 0 Å². The van der Waals surface area contributed by atoms with Gasteiger partial charge in [-0.15, -0.1) is 0 Å². The average Bonchev–Trinajstić information content (AvgIpc) is 3.71. The summed E-state index contributed by atoms with van der Waals surface area (Å²) in [7, 11) is 0. The maximum Gasteiger partial charge on any atom is 0.240 e. The van der Waals surface area contributed by atoms with Gasteiger partial charge in [-0.1, -0.05) is 6.07 Å². The van der Waals surface area contributed by atoms with E-state index >= 15 is 0 Å². The van der Waals surface area contributed by atoms with Crippen LogP contribution in [0.4, 0.5) is 17.1 Å². The second-order valence-electron chi connectivity index (χ2n) is 13.9. The smallest absolute Gasteiger partial charge is 0.240 e. The van der Waals surface area contributed by atoms with E-state index in [0.29, 0.717) is 23.6 Å². The summed E-state index contributed by atoms with van der Waals surface area (Å²) in [5.74, 6) is 1.71. The van der Waals surface area contributed by atoms with Crippen LogP contribution < -0.4 is 10.6 Å². The molecular formula is C39H30N12. The van der Waals surface area contributed by atoms with Crippen molar-refractivity contribution in [2.45, 2.75) is 43.7 Å². The molecule has 1 aliphatic heterocycles. The van der Waals surface area contributed by atoms with Gasteiger partial charge in [0, 0.05) is 76.5 Å². The molecule has 0 saturated heterocycles. The van der Waals surface area contributed by atoms with Crippen LogP contribution in [0.3, 0.4) is 0 Å². The summed E-state index contributed by atoms with van der Waals surface area (Å²) in [5, 5.41) is 9.61. The third-order valence-corrected chi connectivity index (χ3v) is 10.5. The first-order valence-electron chi connectivity index (χ1n) is 17.5. The first kappa shape index (κ1) is 27.3. The zero-order valence-corrected chi connectivity index (χ0v) is 27.3. The molecule has 3 aromatic carbocycles. The van der Waals surface area contributed by atoms with Gasteiger partial charge in [0.15, 0.2) is 5.82 Å². The maximum absolute atomic E-state index is 5.21. The predicted molar refractivity (Wildman–Crippen MR) is 198 cm³/mol. The van der Waals surface area contributed by atoms with Gasteiger partial charge in [-0.3, -0.25) is 9.56 Å². The number of aromatic nitrogens is 9. The number of rotatable bonds is 8. The Morgan fingerprint density at radius 3 is 2.08 bits per heavy atom. The molecule has 3 aliphatic rings. The Balaban J connectivity index is 1.06. The van der Waals surface area contributed by atoms with Crippen LogP contribution in [0.25, 0.3) is 56.1 Å². The normalized spacial score (nSPS) is 17.1.